The number of halogens is 1. The zero-order valence-corrected chi connectivity index (χ0v) is 11.6. The van der Waals surface area contributed by atoms with Crippen LogP contribution in [0.1, 0.15) is 19.8 Å². The monoisotopic (exact) mass is 285 g/mol. The molecule has 1 aliphatic rings. The Kier molecular flexibility index (Phi) is 4.36. The summed E-state index contributed by atoms with van der Waals surface area (Å²) in [4.78, 5) is 25.3. The van der Waals surface area contributed by atoms with Crippen molar-refractivity contribution < 1.29 is 9.53 Å². The minimum atomic E-state index is -0.317. The summed E-state index contributed by atoms with van der Waals surface area (Å²) < 4.78 is 5.31. The van der Waals surface area contributed by atoms with Crippen molar-refractivity contribution in [2.45, 2.75) is 25.8 Å². The first-order valence-corrected chi connectivity index (χ1v) is 6.54. The highest BCUT2D eigenvalue weighted by Gasteiger charge is 2.29. The average molecular weight is 286 g/mol. The zero-order chi connectivity index (χ0) is 13.8. The Hall–Kier alpha value is -1.63. The molecule has 1 unspecified atom stereocenters. The molecule has 2 heterocycles. The zero-order valence-electron chi connectivity index (χ0n) is 10.9. The quantitative estimate of drug-likeness (QED) is 0.868. The van der Waals surface area contributed by atoms with Crippen LogP contribution >= 0.6 is 11.6 Å². The molecule has 1 N–H and O–H groups in total. The van der Waals surface area contributed by atoms with Crippen molar-refractivity contribution in [3.8, 4) is 6.01 Å². The van der Waals surface area contributed by atoms with Gasteiger partial charge in [0.05, 0.1) is 6.61 Å². The SMILES string of the molecule is CCCOc1nc(Cl)nc(NC2CCN(C)C2=O)n1. The van der Waals surface area contributed by atoms with E-state index in [2.05, 4.69) is 20.3 Å². The third kappa shape index (κ3) is 3.44. The standard InChI is InChI=1S/C11H16ClN5O2/c1-3-6-19-11-15-9(12)14-10(16-11)13-7-4-5-17(2)8(7)18/h7H,3-6H2,1-2H3,(H,13,14,15,16). The third-order valence-electron chi connectivity index (χ3n) is 2.75. The molecule has 7 nitrogen and oxygen atoms in total. The molecule has 8 heteroatoms. The lowest BCUT2D eigenvalue weighted by Crippen LogP contribution is -2.31. The van der Waals surface area contributed by atoms with Crippen LogP contribution in [0, 0.1) is 0 Å². The Morgan fingerprint density at radius 3 is 2.89 bits per heavy atom. The number of amides is 1. The number of aromatic nitrogens is 3. The largest absolute Gasteiger partial charge is 0.463 e. The fourth-order valence-corrected chi connectivity index (χ4v) is 1.92. The fraction of sp³-hybridized carbons (Fsp3) is 0.636. The normalized spacial score (nSPS) is 18.8. The molecular weight excluding hydrogens is 270 g/mol. The molecule has 1 atom stereocenters. The van der Waals surface area contributed by atoms with Gasteiger partial charge in [-0.3, -0.25) is 4.79 Å². The van der Waals surface area contributed by atoms with Crippen molar-refractivity contribution in [3.05, 3.63) is 5.28 Å². The molecule has 1 aromatic rings. The maximum atomic E-state index is 11.8. The summed E-state index contributed by atoms with van der Waals surface area (Å²) in [6.07, 6.45) is 1.56. The number of nitrogens with zero attached hydrogens (tertiary/aromatic N) is 4. The Labute approximate surface area is 116 Å². The van der Waals surface area contributed by atoms with Crippen molar-refractivity contribution >= 4 is 23.5 Å². The topological polar surface area (TPSA) is 80.2 Å². The third-order valence-corrected chi connectivity index (χ3v) is 2.92. The van der Waals surface area contributed by atoms with Gasteiger partial charge in [0, 0.05) is 13.6 Å². The number of carbonyl (C=O) groups is 1. The number of carbonyl (C=O) groups excluding carboxylic acids is 1. The van der Waals surface area contributed by atoms with E-state index in [-0.39, 0.29) is 29.2 Å². The maximum Gasteiger partial charge on any atom is 0.322 e. The van der Waals surface area contributed by atoms with E-state index in [0.29, 0.717) is 19.6 Å². The molecule has 0 aromatic carbocycles. The molecule has 0 spiro atoms. The van der Waals surface area contributed by atoms with Crippen molar-refractivity contribution in [3.63, 3.8) is 0 Å². The Morgan fingerprint density at radius 2 is 2.26 bits per heavy atom. The van der Waals surface area contributed by atoms with E-state index in [9.17, 15) is 4.79 Å². The van der Waals surface area contributed by atoms with Gasteiger partial charge in [-0.25, -0.2) is 0 Å². The van der Waals surface area contributed by atoms with Crippen LogP contribution in [-0.2, 0) is 4.79 Å². The molecular formula is C11H16ClN5O2. The summed E-state index contributed by atoms with van der Waals surface area (Å²) in [6, 6.07) is -0.148. The predicted molar refractivity (Wildman–Crippen MR) is 70.3 cm³/mol. The van der Waals surface area contributed by atoms with Crippen LogP contribution in [0.5, 0.6) is 6.01 Å². The van der Waals surface area contributed by atoms with Crippen molar-refractivity contribution in [1.82, 2.24) is 19.9 Å². The summed E-state index contributed by atoms with van der Waals surface area (Å²) in [5.74, 6) is 0.285. The maximum absolute atomic E-state index is 11.8. The van der Waals surface area contributed by atoms with Crippen LogP contribution in [0.4, 0.5) is 5.95 Å². The lowest BCUT2D eigenvalue weighted by Gasteiger charge is -2.12. The second-order valence-electron chi connectivity index (χ2n) is 4.30. The van der Waals surface area contributed by atoms with Crippen molar-refractivity contribution in [1.29, 1.82) is 0 Å². The minimum Gasteiger partial charge on any atom is -0.463 e. The summed E-state index contributed by atoms with van der Waals surface area (Å²) in [7, 11) is 1.76. The Bertz CT molecular complexity index is 470. The molecule has 0 saturated carbocycles. The molecule has 1 aromatic heterocycles. The molecule has 19 heavy (non-hydrogen) atoms. The molecule has 2 rings (SSSR count). The predicted octanol–water partition coefficient (Wildman–Crippen LogP) is 0.956. The molecule has 104 valence electrons. The lowest BCUT2D eigenvalue weighted by molar-refractivity contribution is -0.127. The first-order chi connectivity index (χ1) is 9.10. The van der Waals surface area contributed by atoms with Gasteiger partial charge in [0.1, 0.15) is 6.04 Å². The smallest absolute Gasteiger partial charge is 0.322 e. The highest BCUT2D eigenvalue weighted by atomic mass is 35.5. The van der Waals surface area contributed by atoms with Gasteiger partial charge in [-0.15, -0.1) is 0 Å². The summed E-state index contributed by atoms with van der Waals surface area (Å²) in [5.41, 5.74) is 0. The van der Waals surface area contributed by atoms with Gasteiger partial charge in [0.25, 0.3) is 0 Å². The van der Waals surface area contributed by atoms with Crippen LogP contribution in [-0.4, -0.2) is 52.0 Å². The van der Waals surface area contributed by atoms with Gasteiger partial charge < -0.3 is 15.0 Å². The van der Waals surface area contributed by atoms with Gasteiger partial charge in [-0.05, 0) is 24.4 Å². The number of rotatable bonds is 5. The first kappa shape index (κ1) is 13.8. The molecule has 0 aliphatic carbocycles. The van der Waals surface area contributed by atoms with Gasteiger partial charge in [-0.2, -0.15) is 15.0 Å². The average Bonchev–Trinajstić information content (AvgIpc) is 2.68. The minimum absolute atomic E-state index is 0.0209. The number of hydrogen-bond acceptors (Lipinski definition) is 6. The van der Waals surface area contributed by atoms with E-state index in [4.69, 9.17) is 16.3 Å². The second kappa shape index (κ2) is 6.01. The second-order valence-corrected chi connectivity index (χ2v) is 4.64. The Morgan fingerprint density at radius 1 is 1.47 bits per heavy atom. The molecule has 1 amide bonds. The number of likely N-dealkylation sites (N-methyl/N-ethyl adjacent to an activating group) is 1. The van der Waals surface area contributed by atoms with Gasteiger partial charge in [0.15, 0.2) is 0 Å². The summed E-state index contributed by atoms with van der Waals surface area (Å²) >= 11 is 5.80. The van der Waals surface area contributed by atoms with Crippen molar-refractivity contribution in [2.24, 2.45) is 0 Å². The number of anilines is 1. The van der Waals surface area contributed by atoms with Gasteiger partial charge >= 0.3 is 6.01 Å². The lowest BCUT2D eigenvalue weighted by atomic mass is 10.2. The summed E-state index contributed by atoms with van der Waals surface area (Å²) in [6.45, 7) is 3.20. The highest BCUT2D eigenvalue weighted by Crippen LogP contribution is 2.16. The van der Waals surface area contributed by atoms with E-state index in [1.165, 1.54) is 0 Å². The molecule has 0 radical (unpaired) electrons. The highest BCUT2D eigenvalue weighted by molar-refractivity contribution is 6.28. The molecule has 1 fully saturated rings. The van der Waals surface area contributed by atoms with E-state index in [1.807, 2.05) is 6.92 Å². The number of ether oxygens (including phenoxy) is 1. The number of hydrogen-bond donors (Lipinski definition) is 1. The number of likely N-dealkylation sites (tertiary alicyclic amines) is 1. The van der Waals surface area contributed by atoms with E-state index in [1.54, 1.807) is 11.9 Å². The summed E-state index contributed by atoms with van der Waals surface area (Å²) in [5, 5.41) is 3.00. The van der Waals surface area contributed by atoms with Crippen LogP contribution in [0.3, 0.4) is 0 Å². The van der Waals surface area contributed by atoms with E-state index < -0.39 is 0 Å². The van der Waals surface area contributed by atoms with Crippen LogP contribution in [0.2, 0.25) is 5.28 Å². The van der Waals surface area contributed by atoms with Crippen LogP contribution in [0.25, 0.3) is 0 Å². The van der Waals surface area contributed by atoms with E-state index in [0.717, 1.165) is 6.42 Å². The van der Waals surface area contributed by atoms with Crippen molar-refractivity contribution in [2.75, 3.05) is 25.5 Å². The van der Waals surface area contributed by atoms with Crippen LogP contribution < -0.4 is 10.1 Å². The van der Waals surface area contributed by atoms with E-state index >= 15 is 0 Å². The number of nitrogens with one attached hydrogen (secondary N) is 1. The van der Waals surface area contributed by atoms with Gasteiger partial charge in [0.2, 0.25) is 17.1 Å². The molecule has 1 saturated heterocycles. The van der Waals surface area contributed by atoms with Crippen LogP contribution in [0.15, 0.2) is 0 Å². The molecule has 0 bridgehead atoms. The van der Waals surface area contributed by atoms with Gasteiger partial charge in [-0.1, -0.05) is 6.92 Å². The molecule has 1 aliphatic heterocycles. The first-order valence-electron chi connectivity index (χ1n) is 6.16. The fourth-order valence-electron chi connectivity index (χ4n) is 1.77. The Balaban J connectivity index is 2.07.